The Morgan fingerprint density at radius 1 is 1.19 bits per heavy atom. The predicted octanol–water partition coefficient (Wildman–Crippen LogP) is 3.64. The normalized spacial score (nSPS) is 12.6. The Kier molecular flexibility index (Phi) is 4.75. The van der Waals surface area contributed by atoms with E-state index in [4.69, 9.17) is 4.52 Å². The fraction of sp³-hybridized carbons (Fsp3) is 0.333. The van der Waals surface area contributed by atoms with E-state index in [1.807, 2.05) is 51.1 Å². The molecule has 26 heavy (non-hydrogen) atoms. The van der Waals surface area contributed by atoms with E-state index in [9.17, 15) is 4.79 Å². The number of rotatable bonds is 4. The van der Waals surface area contributed by atoms with E-state index in [0.717, 1.165) is 11.3 Å². The number of urea groups is 1. The molecule has 8 heteroatoms. The van der Waals surface area contributed by atoms with Crippen molar-refractivity contribution in [3.63, 3.8) is 0 Å². The zero-order chi connectivity index (χ0) is 18.7. The zero-order valence-electron chi connectivity index (χ0n) is 15.2. The van der Waals surface area contributed by atoms with E-state index in [0.29, 0.717) is 17.4 Å². The maximum Gasteiger partial charge on any atom is 0.319 e. The fourth-order valence-corrected chi connectivity index (χ4v) is 2.29. The predicted molar refractivity (Wildman–Crippen MR) is 97.6 cm³/mol. The summed E-state index contributed by atoms with van der Waals surface area (Å²) in [6.45, 7) is 7.79. The molecule has 2 aromatic heterocycles. The molecule has 0 radical (unpaired) electrons. The van der Waals surface area contributed by atoms with Crippen molar-refractivity contribution in [2.45, 2.75) is 39.2 Å². The molecule has 0 aliphatic rings. The van der Waals surface area contributed by atoms with E-state index >= 15 is 0 Å². The van der Waals surface area contributed by atoms with Gasteiger partial charge in [-0.25, -0.2) is 4.79 Å². The number of aromatic nitrogens is 4. The smallest absolute Gasteiger partial charge is 0.319 e. The summed E-state index contributed by atoms with van der Waals surface area (Å²) < 4.78 is 5.25. The molecule has 0 bridgehead atoms. The minimum Gasteiger partial charge on any atom is -0.337 e. The zero-order valence-corrected chi connectivity index (χ0v) is 15.2. The van der Waals surface area contributed by atoms with Crippen molar-refractivity contribution >= 4 is 11.7 Å². The molecule has 1 atom stereocenters. The highest BCUT2D eigenvalue weighted by molar-refractivity contribution is 5.89. The molecule has 0 aliphatic carbocycles. The van der Waals surface area contributed by atoms with Gasteiger partial charge in [-0.2, -0.15) is 10.1 Å². The number of amides is 2. The van der Waals surface area contributed by atoms with Crippen LogP contribution in [0.3, 0.4) is 0 Å². The van der Waals surface area contributed by atoms with Crippen LogP contribution in [-0.2, 0) is 5.41 Å². The van der Waals surface area contributed by atoms with Crippen molar-refractivity contribution in [3.8, 4) is 11.3 Å². The Balaban J connectivity index is 1.59. The monoisotopic (exact) mass is 354 g/mol. The van der Waals surface area contributed by atoms with Gasteiger partial charge in [0.15, 0.2) is 5.82 Å². The summed E-state index contributed by atoms with van der Waals surface area (Å²) >= 11 is 0. The number of aromatic amines is 1. The summed E-state index contributed by atoms with van der Waals surface area (Å²) in [7, 11) is 0. The van der Waals surface area contributed by atoms with E-state index < -0.39 is 6.04 Å². The highest BCUT2D eigenvalue weighted by Crippen LogP contribution is 2.21. The Bertz CT molecular complexity index is 862. The largest absolute Gasteiger partial charge is 0.337 e. The molecule has 136 valence electrons. The lowest BCUT2D eigenvalue weighted by Crippen LogP contribution is -2.31. The van der Waals surface area contributed by atoms with Crippen LogP contribution in [-0.4, -0.2) is 26.4 Å². The summed E-state index contributed by atoms with van der Waals surface area (Å²) in [5.74, 6) is 0.982. The molecule has 8 nitrogen and oxygen atoms in total. The van der Waals surface area contributed by atoms with Crippen LogP contribution in [0.2, 0.25) is 0 Å². The molecule has 0 aliphatic heterocycles. The third kappa shape index (κ3) is 4.08. The molecular formula is C18H22N6O2. The molecule has 3 rings (SSSR count). The van der Waals surface area contributed by atoms with E-state index in [-0.39, 0.29) is 11.4 Å². The van der Waals surface area contributed by atoms with Gasteiger partial charge in [0, 0.05) is 17.3 Å². The van der Waals surface area contributed by atoms with Crippen LogP contribution in [0.15, 0.2) is 41.1 Å². The molecule has 3 N–H and O–H groups in total. The molecular weight excluding hydrogens is 332 g/mol. The van der Waals surface area contributed by atoms with Gasteiger partial charge in [-0.05, 0) is 30.7 Å². The number of carbonyl (C=O) groups is 1. The minimum absolute atomic E-state index is 0.208. The molecule has 2 amide bonds. The standard InChI is InChI=1S/C18H22N6O2/c1-11(15-22-16(24-26-15)18(2,3)4)20-17(25)21-13-7-5-12(6-8-13)14-9-10-19-23-14/h5-11H,1-4H3,(H,19,23)(H2,20,21,25)/t11-/m0/s1. The number of carbonyl (C=O) groups excluding carboxylic acids is 1. The van der Waals surface area contributed by atoms with Crippen LogP contribution in [0.5, 0.6) is 0 Å². The number of H-pyrrole nitrogens is 1. The molecule has 3 aromatic rings. The van der Waals surface area contributed by atoms with Crippen LogP contribution < -0.4 is 10.6 Å². The van der Waals surface area contributed by atoms with Crippen LogP contribution >= 0.6 is 0 Å². The van der Waals surface area contributed by atoms with Gasteiger partial charge < -0.3 is 15.2 Å². The molecule has 0 saturated heterocycles. The average molecular weight is 354 g/mol. The second-order valence-corrected chi connectivity index (χ2v) is 7.07. The lowest BCUT2D eigenvalue weighted by molar-refractivity contribution is 0.245. The third-order valence-corrected chi connectivity index (χ3v) is 3.79. The number of hydrogen-bond acceptors (Lipinski definition) is 5. The first-order valence-electron chi connectivity index (χ1n) is 8.34. The number of nitrogens with one attached hydrogen (secondary N) is 3. The summed E-state index contributed by atoms with van der Waals surface area (Å²) in [6, 6.07) is 8.59. The van der Waals surface area contributed by atoms with Gasteiger partial charge in [0.2, 0.25) is 5.89 Å². The van der Waals surface area contributed by atoms with Crippen molar-refractivity contribution in [1.29, 1.82) is 0 Å². The highest BCUT2D eigenvalue weighted by Gasteiger charge is 2.23. The first-order chi connectivity index (χ1) is 12.3. The summed E-state index contributed by atoms with van der Waals surface area (Å²) in [5.41, 5.74) is 2.38. The Morgan fingerprint density at radius 2 is 1.92 bits per heavy atom. The van der Waals surface area contributed by atoms with Crippen molar-refractivity contribution < 1.29 is 9.32 Å². The SMILES string of the molecule is C[C@H](NC(=O)Nc1ccc(-c2ccn[nH]2)cc1)c1nc(C(C)(C)C)no1. The maximum absolute atomic E-state index is 12.2. The number of anilines is 1. The Hall–Kier alpha value is -3.16. The van der Waals surface area contributed by atoms with Crippen molar-refractivity contribution in [2.75, 3.05) is 5.32 Å². The van der Waals surface area contributed by atoms with Crippen LogP contribution in [0.1, 0.15) is 45.5 Å². The quantitative estimate of drug-likeness (QED) is 0.663. The fourth-order valence-electron chi connectivity index (χ4n) is 2.29. The van der Waals surface area contributed by atoms with E-state index in [1.54, 1.807) is 13.1 Å². The van der Waals surface area contributed by atoms with Gasteiger partial charge in [0.1, 0.15) is 6.04 Å². The molecule has 0 unspecified atom stereocenters. The molecule has 0 fully saturated rings. The van der Waals surface area contributed by atoms with Gasteiger partial charge in [-0.1, -0.05) is 38.1 Å². The second-order valence-electron chi connectivity index (χ2n) is 7.07. The highest BCUT2D eigenvalue weighted by atomic mass is 16.5. The van der Waals surface area contributed by atoms with Crippen LogP contribution in [0.25, 0.3) is 11.3 Å². The van der Waals surface area contributed by atoms with Gasteiger partial charge in [-0.3, -0.25) is 5.10 Å². The van der Waals surface area contributed by atoms with Gasteiger partial charge in [0.25, 0.3) is 0 Å². The average Bonchev–Trinajstić information content (AvgIpc) is 3.27. The van der Waals surface area contributed by atoms with E-state index in [2.05, 4.69) is 31.0 Å². The molecule has 0 saturated carbocycles. The van der Waals surface area contributed by atoms with E-state index in [1.165, 1.54) is 0 Å². The number of hydrogen-bond donors (Lipinski definition) is 3. The first kappa shape index (κ1) is 17.7. The Labute approximate surface area is 151 Å². The minimum atomic E-state index is -0.400. The van der Waals surface area contributed by atoms with Gasteiger partial charge >= 0.3 is 6.03 Å². The molecule has 2 heterocycles. The molecule has 1 aromatic carbocycles. The lowest BCUT2D eigenvalue weighted by Gasteiger charge is -2.12. The summed E-state index contributed by atoms with van der Waals surface area (Å²) in [4.78, 5) is 16.5. The van der Waals surface area contributed by atoms with Gasteiger partial charge in [-0.15, -0.1) is 0 Å². The van der Waals surface area contributed by atoms with Crippen LogP contribution in [0.4, 0.5) is 10.5 Å². The van der Waals surface area contributed by atoms with Crippen molar-refractivity contribution in [1.82, 2.24) is 25.7 Å². The van der Waals surface area contributed by atoms with Gasteiger partial charge in [0.05, 0.1) is 5.69 Å². The van der Waals surface area contributed by atoms with Crippen molar-refractivity contribution in [2.24, 2.45) is 0 Å². The Morgan fingerprint density at radius 3 is 2.50 bits per heavy atom. The number of benzene rings is 1. The summed E-state index contributed by atoms with van der Waals surface area (Å²) in [6.07, 6.45) is 1.69. The molecule has 0 spiro atoms. The lowest BCUT2D eigenvalue weighted by atomic mass is 9.96. The second kappa shape index (κ2) is 6.99. The number of nitrogens with zero attached hydrogens (tertiary/aromatic N) is 3. The maximum atomic E-state index is 12.2. The first-order valence-corrected chi connectivity index (χ1v) is 8.34. The third-order valence-electron chi connectivity index (χ3n) is 3.79. The van der Waals surface area contributed by atoms with Crippen molar-refractivity contribution in [3.05, 3.63) is 48.2 Å². The summed E-state index contributed by atoms with van der Waals surface area (Å²) in [5, 5.41) is 16.4. The van der Waals surface area contributed by atoms with Crippen LogP contribution in [0, 0.1) is 0 Å². The topological polar surface area (TPSA) is 109 Å².